The second-order valence-electron chi connectivity index (χ2n) is 9.71. The Labute approximate surface area is 242 Å². The van der Waals surface area contributed by atoms with Crippen molar-refractivity contribution >= 4 is 57.4 Å². The predicted octanol–water partition coefficient (Wildman–Crippen LogP) is 5.17. The van der Waals surface area contributed by atoms with Gasteiger partial charge in [-0.1, -0.05) is 55.8 Å². The van der Waals surface area contributed by atoms with Gasteiger partial charge in [0.2, 0.25) is 11.8 Å². The van der Waals surface area contributed by atoms with Gasteiger partial charge in [-0.3, -0.25) is 14.5 Å². The number of nitrogens with zero attached hydrogens (tertiary/aromatic N) is 1. The highest BCUT2D eigenvalue weighted by atomic mass is 35.5. The van der Waals surface area contributed by atoms with E-state index in [1.54, 1.807) is 73.0 Å². The van der Waals surface area contributed by atoms with Gasteiger partial charge in [0.25, 0.3) is 0 Å². The molecule has 1 heterocycles. The third-order valence-corrected chi connectivity index (χ3v) is 7.18. The molecular weight excluding hydrogens is 552 g/mol. The van der Waals surface area contributed by atoms with Gasteiger partial charge >= 0.3 is 12.0 Å². The first-order valence-electron chi connectivity index (χ1n) is 12.8. The molecule has 2 aromatic carbocycles. The number of benzene rings is 2. The molecule has 0 aliphatic heterocycles. The zero-order valence-corrected chi connectivity index (χ0v) is 24.0. The number of carboxylic acid groups (broad SMARTS) is 1. The fourth-order valence-corrected chi connectivity index (χ4v) is 4.96. The van der Waals surface area contributed by atoms with E-state index in [1.807, 2.05) is 19.9 Å². The number of carbonyl (C=O) groups excluding carboxylic acids is 3. The van der Waals surface area contributed by atoms with E-state index in [2.05, 4.69) is 16.0 Å². The normalized spacial score (nSPS) is 13.1. The van der Waals surface area contributed by atoms with Gasteiger partial charge in [0.05, 0.1) is 5.00 Å². The van der Waals surface area contributed by atoms with Crippen LogP contribution in [0.15, 0.2) is 72.1 Å². The second-order valence-corrected chi connectivity index (χ2v) is 11.1. The highest BCUT2D eigenvalue weighted by molar-refractivity contribution is 7.14. The van der Waals surface area contributed by atoms with Crippen molar-refractivity contribution in [3.05, 3.63) is 82.7 Å². The van der Waals surface area contributed by atoms with E-state index in [0.717, 1.165) is 5.56 Å². The van der Waals surface area contributed by atoms with Gasteiger partial charge in [0, 0.05) is 17.1 Å². The molecule has 3 atom stereocenters. The molecule has 11 heteroatoms. The van der Waals surface area contributed by atoms with Crippen molar-refractivity contribution in [2.45, 2.75) is 51.7 Å². The van der Waals surface area contributed by atoms with Crippen molar-refractivity contribution in [3.63, 3.8) is 0 Å². The van der Waals surface area contributed by atoms with Gasteiger partial charge in [0.15, 0.2) is 0 Å². The lowest BCUT2D eigenvalue weighted by atomic mass is 10.0. The Morgan fingerprint density at radius 3 is 2.10 bits per heavy atom. The molecule has 0 aliphatic carbocycles. The SMILES string of the molecule is CC(C)C[C@H](NC(=O)[C@H](C)N(C(=O)Nc1ccc(Cl)cc1)c1cccs1)C(=O)N[C@@H](Cc1ccccc1)C(=O)O. The fourth-order valence-electron chi connectivity index (χ4n) is 4.03. The minimum atomic E-state index is -1.18. The molecule has 0 aliphatic rings. The van der Waals surface area contributed by atoms with Crippen LogP contribution < -0.4 is 20.9 Å². The molecule has 3 aromatic rings. The van der Waals surface area contributed by atoms with Gasteiger partial charge in [-0.05, 0) is 66.6 Å². The first kappa shape index (κ1) is 30.6. The zero-order chi connectivity index (χ0) is 29.2. The molecule has 212 valence electrons. The highest BCUT2D eigenvalue weighted by Crippen LogP contribution is 2.25. The van der Waals surface area contributed by atoms with Crippen molar-refractivity contribution in [1.29, 1.82) is 0 Å². The van der Waals surface area contributed by atoms with Gasteiger partial charge in [-0.2, -0.15) is 0 Å². The summed E-state index contributed by atoms with van der Waals surface area (Å²) in [7, 11) is 0. The number of hydrogen-bond acceptors (Lipinski definition) is 5. The summed E-state index contributed by atoms with van der Waals surface area (Å²) in [5.74, 6) is -2.32. The molecule has 3 rings (SSSR count). The number of urea groups is 1. The molecule has 4 N–H and O–H groups in total. The highest BCUT2D eigenvalue weighted by Gasteiger charge is 2.33. The summed E-state index contributed by atoms with van der Waals surface area (Å²) in [6.45, 7) is 5.36. The van der Waals surface area contributed by atoms with Crippen LogP contribution in [0.2, 0.25) is 5.02 Å². The molecule has 0 radical (unpaired) electrons. The Balaban J connectivity index is 1.76. The standard InChI is InChI=1S/C29H33ClN4O5S/c1-18(2)16-23(27(36)33-24(28(37)38)17-20-8-5-4-6-9-20)32-26(35)19(3)34(25-10-7-15-40-25)29(39)31-22-13-11-21(30)12-14-22/h4-15,18-19,23-24H,16-17H2,1-3H3,(H,31,39)(H,32,35)(H,33,36)(H,37,38)/t19-,23-,24-/m0/s1. The minimum Gasteiger partial charge on any atom is -0.480 e. The molecule has 0 saturated carbocycles. The van der Waals surface area contributed by atoms with Gasteiger partial charge in [-0.15, -0.1) is 11.3 Å². The zero-order valence-electron chi connectivity index (χ0n) is 22.5. The summed E-state index contributed by atoms with van der Waals surface area (Å²) in [5, 5.41) is 20.7. The second kappa shape index (κ2) is 14.5. The topological polar surface area (TPSA) is 128 Å². The van der Waals surface area contributed by atoms with Crippen molar-refractivity contribution in [3.8, 4) is 0 Å². The maximum Gasteiger partial charge on any atom is 0.327 e. The van der Waals surface area contributed by atoms with Crippen LogP contribution in [0.3, 0.4) is 0 Å². The van der Waals surface area contributed by atoms with Crippen LogP contribution >= 0.6 is 22.9 Å². The van der Waals surface area contributed by atoms with Gasteiger partial charge < -0.3 is 21.1 Å². The number of thiophene rings is 1. The van der Waals surface area contributed by atoms with Gasteiger partial charge in [-0.25, -0.2) is 9.59 Å². The Kier molecular flexibility index (Phi) is 11.1. The largest absolute Gasteiger partial charge is 0.480 e. The lowest BCUT2D eigenvalue weighted by Crippen LogP contribution is -2.57. The molecule has 0 fully saturated rings. The molecule has 1 aromatic heterocycles. The summed E-state index contributed by atoms with van der Waals surface area (Å²) in [6, 6.07) is 15.3. The lowest BCUT2D eigenvalue weighted by Gasteiger charge is -2.29. The van der Waals surface area contributed by atoms with Crippen LogP contribution in [0.4, 0.5) is 15.5 Å². The molecule has 0 unspecified atom stereocenters. The van der Waals surface area contributed by atoms with Crippen LogP contribution in [-0.2, 0) is 20.8 Å². The molecule has 0 bridgehead atoms. The Morgan fingerprint density at radius 1 is 0.875 bits per heavy atom. The lowest BCUT2D eigenvalue weighted by molar-refractivity contribution is -0.142. The molecule has 0 spiro atoms. The first-order chi connectivity index (χ1) is 19.0. The maximum atomic E-state index is 13.4. The quantitative estimate of drug-likeness (QED) is 0.233. The van der Waals surface area contributed by atoms with Crippen LogP contribution in [0.25, 0.3) is 0 Å². The summed E-state index contributed by atoms with van der Waals surface area (Å²) in [4.78, 5) is 53.2. The number of rotatable bonds is 12. The Bertz CT molecular complexity index is 1290. The third kappa shape index (κ3) is 8.82. The minimum absolute atomic E-state index is 0.0189. The number of carboxylic acids is 1. The van der Waals surface area contributed by atoms with Crippen LogP contribution in [0.1, 0.15) is 32.8 Å². The number of aliphatic carboxylic acids is 1. The molecule has 40 heavy (non-hydrogen) atoms. The fraction of sp³-hybridized carbons (Fsp3) is 0.310. The number of carbonyl (C=O) groups is 4. The molecule has 0 saturated heterocycles. The summed E-state index contributed by atoms with van der Waals surface area (Å²) in [5.41, 5.74) is 1.25. The van der Waals surface area contributed by atoms with E-state index in [1.165, 1.54) is 16.2 Å². The van der Waals surface area contributed by atoms with Crippen LogP contribution in [0.5, 0.6) is 0 Å². The summed E-state index contributed by atoms with van der Waals surface area (Å²) < 4.78 is 0. The van der Waals surface area contributed by atoms with E-state index >= 15 is 0 Å². The van der Waals surface area contributed by atoms with E-state index in [4.69, 9.17) is 11.6 Å². The smallest absolute Gasteiger partial charge is 0.327 e. The predicted molar refractivity (Wildman–Crippen MR) is 158 cm³/mol. The van der Waals surface area contributed by atoms with Gasteiger partial charge in [0.1, 0.15) is 18.1 Å². The van der Waals surface area contributed by atoms with Crippen molar-refractivity contribution in [2.75, 3.05) is 10.2 Å². The van der Waals surface area contributed by atoms with Crippen molar-refractivity contribution in [1.82, 2.24) is 10.6 Å². The average Bonchev–Trinajstić information content (AvgIpc) is 3.43. The number of amides is 4. The van der Waals surface area contributed by atoms with Crippen molar-refractivity contribution in [2.24, 2.45) is 5.92 Å². The monoisotopic (exact) mass is 584 g/mol. The van der Waals surface area contributed by atoms with E-state index in [-0.39, 0.29) is 18.8 Å². The van der Waals surface area contributed by atoms with Crippen molar-refractivity contribution < 1.29 is 24.3 Å². The number of nitrogens with one attached hydrogen (secondary N) is 3. The maximum absolute atomic E-state index is 13.4. The number of halogens is 1. The molecule has 9 nitrogen and oxygen atoms in total. The Hall–Kier alpha value is -3.89. The number of hydrogen-bond donors (Lipinski definition) is 4. The van der Waals surface area contributed by atoms with Crippen LogP contribution in [-0.4, -0.2) is 47.0 Å². The first-order valence-corrected chi connectivity index (χ1v) is 14.1. The summed E-state index contributed by atoms with van der Waals surface area (Å²) >= 11 is 7.23. The summed E-state index contributed by atoms with van der Waals surface area (Å²) in [6.07, 6.45) is 0.371. The molecular formula is C29H33ClN4O5S. The molecule has 4 amide bonds. The van der Waals surface area contributed by atoms with Crippen LogP contribution in [0, 0.1) is 5.92 Å². The van der Waals surface area contributed by atoms with E-state index in [0.29, 0.717) is 15.7 Å². The van der Waals surface area contributed by atoms with E-state index in [9.17, 15) is 24.3 Å². The Morgan fingerprint density at radius 2 is 1.52 bits per heavy atom. The average molecular weight is 585 g/mol. The third-order valence-electron chi connectivity index (χ3n) is 6.06. The van der Waals surface area contributed by atoms with E-state index < -0.39 is 41.9 Å². The number of anilines is 2.